The molecule has 170 valence electrons. The van der Waals surface area contributed by atoms with Crippen LogP contribution in [0.4, 0.5) is 11.4 Å². The Balaban J connectivity index is 1.79. The second-order valence-corrected chi connectivity index (χ2v) is 11.1. The van der Waals surface area contributed by atoms with Crippen LogP contribution < -0.4 is 9.80 Å². The summed E-state index contributed by atoms with van der Waals surface area (Å²) in [6.45, 7) is 5.74. The van der Waals surface area contributed by atoms with Crippen molar-refractivity contribution in [2.45, 2.75) is 44.6 Å². The minimum Gasteiger partial charge on any atom is -0.308 e. The summed E-state index contributed by atoms with van der Waals surface area (Å²) >= 11 is 0. The van der Waals surface area contributed by atoms with Crippen molar-refractivity contribution >= 4 is 33.2 Å². The second-order valence-electron chi connectivity index (χ2n) is 8.93. The van der Waals surface area contributed by atoms with Crippen molar-refractivity contribution in [2.75, 3.05) is 30.4 Å². The van der Waals surface area contributed by atoms with Crippen LogP contribution in [0.1, 0.15) is 32.3 Å². The van der Waals surface area contributed by atoms with Gasteiger partial charge >= 0.3 is 0 Å². The summed E-state index contributed by atoms with van der Waals surface area (Å²) in [7, 11) is -0.504. The highest BCUT2D eigenvalue weighted by Crippen LogP contribution is 2.42. The van der Waals surface area contributed by atoms with Gasteiger partial charge < -0.3 is 9.80 Å². The van der Waals surface area contributed by atoms with E-state index in [0.29, 0.717) is 12.1 Å². The molecular formula is C24H29N3O4S. The van der Waals surface area contributed by atoms with Crippen molar-refractivity contribution in [3.63, 3.8) is 0 Å². The Hall–Kier alpha value is -2.71. The first-order valence-corrected chi connectivity index (χ1v) is 12.2. The van der Waals surface area contributed by atoms with Gasteiger partial charge in [-0.1, -0.05) is 18.2 Å². The number of fused-ring (bicyclic) bond motifs is 1. The number of hydrogen-bond acceptors (Lipinski definition) is 4. The molecule has 4 rings (SSSR count). The predicted molar refractivity (Wildman–Crippen MR) is 125 cm³/mol. The third-order valence-corrected chi connectivity index (χ3v) is 8.19. The van der Waals surface area contributed by atoms with Gasteiger partial charge in [-0.25, -0.2) is 12.7 Å². The SMILES string of the molecule is CC(=O)N1c2ccc(-c3ccc(S(=O)(=O)N(C)C)c(C)c3)cc2N(C(=O)C2CC2)CC1C. The summed E-state index contributed by atoms with van der Waals surface area (Å²) < 4.78 is 26.3. The minimum absolute atomic E-state index is 0.0564. The van der Waals surface area contributed by atoms with E-state index in [1.807, 2.05) is 36.1 Å². The largest absolute Gasteiger partial charge is 0.308 e. The number of benzene rings is 2. The van der Waals surface area contributed by atoms with Crippen molar-refractivity contribution in [1.29, 1.82) is 0 Å². The summed E-state index contributed by atoms with van der Waals surface area (Å²) in [4.78, 5) is 29.2. The maximum Gasteiger partial charge on any atom is 0.242 e. The summed E-state index contributed by atoms with van der Waals surface area (Å²) in [5, 5.41) is 0. The van der Waals surface area contributed by atoms with Gasteiger partial charge in [0, 0.05) is 33.5 Å². The molecule has 2 amide bonds. The van der Waals surface area contributed by atoms with E-state index < -0.39 is 10.0 Å². The minimum atomic E-state index is -3.53. The summed E-state index contributed by atoms with van der Waals surface area (Å²) in [5.41, 5.74) is 3.84. The molecular weight excluding hydrogens is 426 g/mol. The summed E-state index contributed by atoms with van der Waals surface area (Å²) in [5.74, 6) is 0.126. The molecule has 32 heavy (non-hydrogen) atoms. The molecule has 1 saturated carbocycles. The molecule has 1 fully saturated rings. The number of carbonyl (C=O) groups excluding carboxylic acids is 2. The van der Waals surface area contributed by atoms with Gasteiger partial charge in [-0.15, -0.1) is 0 Å². The molecule has 0 N–H and O–H groups in total. The highest BCUT2D eigenvalue weighted by molar-refractivity contribution is 7.89. The lowest BCUT2D eigenvalue weighted by molar-refractivity contribution is -0.120. The second kappa shape index (κ2) is 8.01. The molecule has 2 aromatic rings. The number of carbonyl (C=O) groups is 2. The van der Waals surface area contributed by atoms with E-state index in [-0.39, 0.29) is 28.7 Å². The Morgan fingerprint density at radius 2 is 1.62 bits per heavy atom. The van der Waals surface area contributed by atoms with Crippen LogP contribution in [0.25, 0.3) is 11.1 Å². The Labute approximate surface area is 189 Å². The topological polar surface area (TPSA) is 78.0 Å². The van der Waals surface area contributed by atoms with E-state index in [0.717, 1.165) is 35.3 Å². The van der Waals surface area contributed by atoms with Crippen LogP contribution in [0.15, 0.2) is 41.3 Å². The fraction of sp³-hybridized carbons (Fsp3) is 0.417. The highest BCUT2D eigenvalue weighted by atomic mass is 32.2. The van der Waals surface area contributed by atoms with Gasteiger partial charge in [-0.3, -0.25) is 9.59 Å². The van der Waals surface area contributed by atoms with Crippen molar-refractivity contribution < 1.29 is 18.0 Å². The van der Waals surface area contributed by atoms with Crippen LogP contribution in [0.3, 0.4) is 0 Å². The van der Waals surface area contributed by atoms with Crippen molar-refractivity contribution in [3.05, 3.63) is 42.0 Å². The van der Waals surface area contributed by atoms with E-state index >= 15 is 0 Å². The number of rotatable bonds is 4. The smallest absolute Gasteiger partial charge is 0.242 e. The molecule has 1 aliphatic carbocycles. The molecule has 7 nitrogen and oxygen atoms in total. The Morgan fingerprint density at radius 3 is 2.19 bits per heavy atom. The Morgan fingerprint density at radius 1 is 1.00 bits per heavy atom. The van der Waals surface area contributed by atoms with Crippen molar-refractivity contribution in [2.24, 2.45) is 5.92 Å². The van der Waals surface area contributed by atoms with Gasteiger partial charge in [-0.05, 0) is 61.6 Å². The maximum absolute atomic E-state index is 13.0. The predicted octanol–water partition coefficient (Wildman–Crippen LogP) is 3.41. The molecule has 0 saturated heterocycles. The number of amides is 2. The lowest BCUT2D eigenvalue weighted by Gasteiger charge is -2.41. The van der Waals surface area contributed by atoms with Gasteiger partial charge in [0.15, 0.2) is 0 Å². The van der Waals surface area contributed by atoms with Gasteiger partial charge in [0.25, 0.3) is 0 Å². The number of nitrogens with zero attached hydrogens (tertiary/aromatic N) is 3. The molecule has 1 heterocycles. The normalized spacial score (nSPS) is 18.6. The van der Waals surface area contributed by atoms with Crippen molar-refractivity contribution in [3.8, 4) is 11.1 Å². The molecule has 8 heteroatoms. The first kappa shape index (κ1) is 22.5. The van der Waals surface area contributed by atoms with E-state index in [9.17, 15) is 18.0 Å². The van der Waals surface area contributed by atoms with Crippen LogP contribution in [0.2, 0.25) is 0 Å². The quantitative estimate of drug-likeness (QED) is 0.708. The van der Waals surface area contributed by atoms with Crippen LogP contribution >= 0.6 is 0 Å². The average molecular weight is 456 g/mol. The van der Waals surface area contributed by atoms with Crippen LogP contribution in [0.5, 0.6) is 0 Å². The molecule has 1 unspecified atom stereocenters. The Bertz CT molecular complexity index is 1200. The lowest BCUT2D eigenvalue weighted by Crippen LogP contribution is -2.51. The zero-order valence-electron chi connectivity index (χ0n) is 19.1. The molecule has 0 radical (unpaired) electrons. The van der Waals surface area contributed by atoms with Gasteiger partial charge in [-0.2, -0.15) is 0 Å². The maximum atomic E-state index is 13.0. The highest BCUT2D eigenvalue weighted by Gasteiger charge is 2.39. The fourth-order valence-corrected chi connectivity index (χ4v) is 5.46. The van der Waals surface area contributed by atoms with Crippen LogP contribution in [0, 0.1) is 12.8 Å². The molecule has 1 aliphatic heterocycles. The Kier molecular flexibility index (Phi) is 5.63. The molecule has 2 aliphatic rings. The molecule has 0 aromatic heterocycles. The zero-order valence-corrected chi connectivity index (χ0v) is 19.9. The van der Waals surface area contributed by atoms with E-state index in [1.165, 1.54) is 18.4 Å². The lowest BCUT2D eigenvalue weighted by atomic mass is 9.99. The fourth-order valence-electron chi connectivity index (χ4n) is 4.36. The van der Waals surface area contributed by atoms with Crippen LogP contribution in [-0.4, -0.2) is 51.2 Å². The van der Waals surface area contributed by atoms with Gasteiger partial charge in [0.2, 0.25) is 21.8 Å². The molecule has 0 spiro atoms. The molecule has 0 bridgehead atoms. The number of sulfonamides is 1. The zero-order chi connectivity index (χ0) is 23.4. The number of aryl methyl sites for hydroxylation is 1. The van der Waals surface area contributed by atoms with E-state index in [1.54, 1.807) is 30.9 Å². The molecule has 2 aromatic carbocycles. The first-order valence-electron chi connectivity index (χ1n) is 10.8. The molecule has 1 atom stereocenters. The third kappa shape index (κ3) is 3.82. The van der Waals surface area contributed by atoms with Gasteiger partial charge in [0.05, 0.1) is 22.3 Å². The summed E-state index contributed by atoms with van der Waals surface area (Å²) in [6, 6.07) is 10.9. The monoisotopic (exact) mass is 455 g/mol. The van der Waals surface area contributed by atoms with Crippen molar-refractivity contribution in [1.82, 2.24) is 4.31 Å². The average Bonchev–Trinajstić information content (AvgIpc) is 3.57. The standard InChI is InChI=1S/C24H29N3O4S/c1-15-12-19(9-11-23(15)32(30,31)25(4)5)20-8-10-21-22(13-20)26(24(29)18-6-7-18)14-16(2)27(21)17(3)28/h8-13,16,18H,6-7,14H2,1-5H3. The van der Waals surface area contributed by atoms with E-state index in [2.05, 4.69) is 0 Å². The van der Waals surface area contributed by atoms with E-state index in [4.69, 9.17) is 0 Å². The first-order chi connectivity index (χ1) is 15.0. The third-order valence-electron chi connectivity index (χ3n) is 6.21. The van der Waals surface area contributed by atoms with Crippen LogP contribution in [-0.2, 0) is 19.6 Å². The van der Waals surface area contributed by atoms with Gasteiger partial charge in [0.1, 0.15) is 0 Å². The summed E-state index contributed by atoms with van der Waals surface area (Å²) in [6.07, 6.45) is 1.83. The number of hydrogen-bond donors (Lipinski definition) is 0. The number of anilines is 2.